The van der Waals surface area contributed by atoms with Crippen LogP contribution in [0.3, 0.4) is 0 Å². The molecule has 28 heavy (non-hydrogen) atoms. The molecule has 6 heteroatoms. The van der Waals surface area contributed by atoms with E-state index in [1.54, 1.807) is 0 Å². The van der Waals surface area contributed by atoms with Crippen molar-refractivity contribution in [2.24, 2.45) is 0 Å². The van der Waals surface area contributed by atoms with E-state index in [9.17, 15) is 5.11 Å². The standard InChI is InChI=1S/C22H30N4O2/c1-15-6-7-21-18(10-15)16(2)22(28-21)14-25-8-5-9-26-17(12-25)11-19(23-26)20(27)13-24(3)4/h6-7,10-11,20,27H,5,8-9,12-14H2,1-4H3. The average molecular weight is 383 g/mol. The summed E-state index contributed by atoms with van der Waals surface area (Å²) in [7, 11) is 3.92. The Kier molecular flexibility index (Phi) is 5.27. The van der Waals surface area contributed by atoms with Crippen LogP contribution in [-0.2, 0) is 19.6 Å². The van der Waals surface area contributed by atoms with E-state index in [0.717, 1.165) is 55.3 Å². The number of likely N-dealkylation sites (N-methyl/N-ethyl adjacent to an activating group) is 1. The van der Waals surface area contributed by atoms with Gasteiger partial charge in [0.05, 0.1) is 17.9 Å². The predicted molar refractivity (Wildman–Crippen MR) is 110 cm³/mol. The zero-order valence-electron chi connectivity index (χ0n) is 17.3. The molecular formula is C22H30N4O2. The molecule has 150 valence electrons. The average Bonchev–Trinajstić information content (AvgIpc) is 3.10. The minimum atomic E-state index is -0.552. The molecule has 2 aromatic heterocycles. The van der Waals surface area contributed by atoms with Crippen molar-refractivity contribution >= 4 is 11.0 Å². The van der Waals surface area contributed by atoms with Crippen LogP contribution in [0.4, 0.5) is 0 Å². The number of rotatable bonds is 5. The lowest BCUT2D eigenvalue weighted by Gasteiger charge is -2.18. The largest absolute Gasteiger partial charge is 0.459 e. The Balaban J connectivity index is 1.53. The molecule has 3 aromatic rings. The first-order valence-electron chi connectivity index (χ1n) is 10.0. The summed E-state index contributed by atoms with van der Waals surface area (Å²) < 4.78 is 8.22. The number of hydrogen-bond acceptors (Lipinski definition) is 5. The number of nitrogens with zero attached hydrogens (tertiary/aromatic N) is 4. The zero-order chi connectivity index (χ0) is 19.8. The first-order valence-corrected chi connectivity index (χ1v) is 10.0. The summed E-state index contributed by atoms with van der Waals surface area (Å²) in [6.45, 7) is 8.35. The van der Waals surface area contributed by atoms with Crippen molar-refractivity contribution in [1.82, 2.24) is 19.6 Å². The highest BCUT2D eigenvalue weighted by Gasteiger charge is 2.22. The Morgan fingerprint density at radius 3 is 2.82 bits per heavy atom. The van der Waals surface area contributed by atoms with Crippen LogP contribution in [0.25, 0.3) is 11.0 Å². The number of benzene rings is 1. The fraction of sp³-hybridized carbons (Fsp3) is 0.500. The van der Waals surface area contributed by atoms with Crippen LogP contribution in [-0.4, -0.2) is 51.9 Å². The number of furan rings is 1. The van der Waals surface area contributed by atoms with Crippen molar-refractivity contribution in [2.75, 3.05) is 27.2 Å². The maximum absolute atomic E-state index is 10.4. The Morgan fingerprint density at radius 2 is 2.04 bits per heavy atom. The number of fused-ring (bicyclic) bond motifs is 2. The van der Waals surface area contributed by atoms with E-state index in [1.807, 2.05) is 19.0 Å². The van der Waals surface area contributed by atoms with Crippen molar-refractivity contribution in [3.05, 3.63) is 52.5 Å². The first-order chi connectivity index (χ1) is 13.4. The second-order valence-corrected chi connectivity index (χ2v) is 8.28. The van der Waals surface area contributed by atoms with Crippen molar-refractivity contribution in [3.8, 4) is 0 Å². The van der Waals surface area contributed by atoms with E-state index < -0.39 is 6.10 Å². The van der Waals surface area contributed by atoms with E-state index in [-0.39, 0.29) is 0 Å². The van der Waals surface area contributed by atoms with E-state index >= 15 is 0 Å². The maximum Gasteiger partial charge on any atom is 0.134 e. The molecule has 0 bridgehead atoms. The summed E-state index contributed by atoms with van der Waals surface area (Å²) in [4.78, 5) is 4.40. The summed E-state index contributed by atoms with van der Waals surface area (Å²) in [5.41, 5.74) is 5.38. The van der Waals surface area contributed by atoms with Crippen LogP contribution in [0.15, 0.2) is 28.7 Å². The molecule has 1 N–H and O–H groups in total. The highest BCUT2D eigenvalue weighted by atomic mass is 16.3. The zero-order valence-corrected chi connectivity index (χ0v) is 17.3. The van der Waals surface area contributed by atoms with Crippen LogP contribution in [0.1, 0.15) is 40.8 Å². The minimum absolute atomic E-state index is 0.552. The SMILES string of the molecule is Cc1ccc2oc(CN3CCCn4nc(C(O)CN(C)C)cc4C3)c(C)c2c1. The Hall–Kier alpha value is -2.15. The molecule has 0 saturated heterocycles. The second kappa shape index (κ2) is 7.70. The molecule has 1 atom stereocenters. The number of aliphatic hydroxyl groups is 1. The summed E-state index contributed by atoms with van der Waals surface area (Å²) >= 11 is 0. The van der Waals surface area contributed by atoms with Crippen LogP contribution in [0.5, 0.6) is 0 Å². The van der Waals surface area contributed by atoms with E-state index in [2.05, 4.69) is 52.8 Å². The minimum Gasteiger partial charge on any atom is -0.459 e. The highest BCUT2D eigenvalue weighted by molar-refractivity contribution is 5.82. The monoisotopic (exact) mass is 382 g/mol. The van der Waals surface area contributed by atoms with Crippen LogP contribution in [0.2, 0.25) is 0 Å². The molecule has 0 amide bonds. The lowest BCUT2D eigenvalue weighted by atomic mass is 10.1. The Labute approximate surface area is 166 Å². The molecule has 4 rings (SSSR count). The fourth-order valence-electron chi connectivity index (χ4n) is 4.03. The van der Waals surface area contributed by atoms with Crippen molar-refractivity contribution in [1.29, 1.82) is 0 Å². The van der Waals surface area contributed by atoms with E-state index in [1.165, 1.54) is 16.5 Å². The third-order valence-corrected chi connectivity index (χ3v) is 5.55. The van der Waals surface area contributed by atoms with Gasteiger partial charge in [0.25, 0.3) is 0 Å². The molecule has 0 spiro atoms. The molecular weight excluding hydrogens is 352 g/mol. The molecule has 1 aliphatic rings. The maximum atomic E-state index is 10.4. The third-order valence-electron chi connectivity index (χ3n) is 5.55. The van der Waals surface area contributed by atoms with Gasteiger partial charge in [0.2, 0.25) is 0 Å². The summed E-state index contributed by atoms with van der Waals surface area (Å²) in [6.07, 6.45) is 0.486. The van der Waals surface area contributed by atoms with Gasteiger partial charge in [-0.2, -0.15) is 5.10 Å². The van der Waals surface area contributed by atoms with Gasteiger partial charge in [0, 0.05) is 31.6 Å². The second-order valence-electron chi connectivity index (χ2n) is 8.28. The highest BCUT2D eigenvalue weighted by Crippen LogP contribution is 2.28. The molecule has 1 unspecified atom stereocenters. The van der Waals surface area contributed by atoms with Crippen molar-refractivity contribution in [3.63, 3.8) is 0 Å². The lowest BCUT2D eigenvalue weighted by molar-refractivity contribution is 0.133. The van der Waals surface area contributed by atoms with Crippen LogP contribution < -0.4 is 0 Å². The third kappa shape index (κ3) is 3.85. The molecule has 0 fully saturated rings. The molecule has 3 heterocycles. The molecule has 1 aromatic carbocycles. The number of hydrogen-bond donors (Lipinski definition) is 1. The first kappa shape index (κ1) is 19.2. The molecule has 0 saturated carbocycles. The van der Waals surface area contributed by atoms with Gasteiger partial charge >= 0.3 is 0 Å². The van der Waals surface area contributed by atoms with Gasteiger partial charge in [-0.1, -0.05) is 11.6 Å². The quantitative estimate of drug-likeness (QED) is 0.734. The van der Waals surface area contributed by atoms with Gasteiger partial charge in [0.1, 0.15) is 17.4 Å². The van der Waals surface area contributed by atoms with E-state index in [4.69, 9.17) is 4.42 Å². The molecule has 6 nitrogen and oxygen atoms in total. The normalized spacial score (nSPS) is 16.5. The van der Waals surface area contributed by atoms with Crippen LogP contribution >= 0.6 is 0 Å². The summed E-state index contributed by atoms with van der Waals surface area (Å²) in [5, 5.41) is 16.3. The van der Waals surface area contributed by atoms with Gasteiger partial charge in [0.15, 0.2) is 0 Å². The molecule has 0 aliphatic carbocycles. The van der Waals surface area contributed by atoms with Gasteiger partial charge < -0.3 is 14.4 Å². The predicted octanol–water partition coefficient (Wildman–Crippen LogP) is 3.25. The summed E-state index contributed by atoms with van der Waals surface area (Å²) in [5.74, 6) is 1.04. The van der Waals surface area contributed by atoms with Crippen molar-refractivity contribution in [2.45, 2.75) is 46.0 Å². The number of aromatic nitrogens is 2. The fourth-order valence-corrected chi connectivity index (χ4v) is 4.03. The van der Waals surface area contributed by atoms with Gasteiger partial charge in [-0.3, -0.25) is 9.58 Å². The van der Waals surface area contributed by atoms with Gasteiger partial charge in [-0.05, 0) is 58.1 Å². The topological polar surface area (TPSA) is 57.7 Å². The number of aliphatic hydroxyl groups excluding tert-OH is 1. The van der Waals surface area contributed by atoms with Crippen molar-refractivity contribution < 1.29 is 9.52 Å². The molecule has 0 radical (unpaired) electrons. The number of aryl methyl sites for hydroxylation is 3. The van der Waals surface area contributed by atoms with Gasteiger partial charge in [-0.25, -0.2) is 0 Å². The Bertz CT molecular complexity index is 972. The lowest BCUT2D eigenvalue weighted by Crippen LogP contribution is -2.23. The van der Waals surface area contributed by atoms with Gasteiger partial charge in [-0.15, -0.1) is 0 Å². The Morgan fingerprint density at radius 1 is 1.21 bits per heavy atom. The van der Waals surface area contributed by atoms with E-state index in [0.29, 0.717) is 6.54 Å². The van der Waals surface area contributed by atoms with Crippen LogP contribution in [0, 0.1) is 13.8 Å². The smallest absolute Gasteiger partial charge is 0.134 e. The molecule has 1 aliphatic heterocycles. The summed E-state index contributed by atoms with van der Waals surface area (Å²) in [6, 6.07) is 8.42.